The fourth-order valence-electron chi connectivity index (χ4n) is 3.65. The summed E-state index contributed by atoms with van der Waals surface area (Å²) in [6, 6.07) is 0. The summed E-state index contributed by atoms with van der Waals surface area (Å²) in [6.07, 6.45) is 5.51. The number of aromatic nitrogens is 2. The lowest BCUT2D eigenvalue weighted by atomic mass is 9.95. The second-order valence-electron chi connectivity index (χ2n) is 6.73. The smallest absolute Gasteiger partial charge is 0.225 e. The van der Waals surface area contributed by atoms with E-state index in [9.17, 15) is 9.59 Å². The number of rotatable bonds is 5. The van der Waals surface area contributed by atoms with Crippen LogP contribution < -0.4 is 5.32 Å². The van der Waals surface area contributed by atoms with Crippen LogP contribution in [-0.4, -0.2) is 46.3 Å². The molecule has 6 heteroatoms. The van der Waals surface area contributed by atoms with Crippen LogP contribution in [0, 0.1) is 12.8 Å². The van der Waals surface area contributed by atoms with Crippen molar-refractivity contribution >= 4 is 11.8 Å². The van der Waals surface area contributed by atoms with Crippen molar-refractivity contribution in [3.05, 3.63) is 22.8 Å². The van der Waals surface area contributed by atoms with Crippen molar-refractivity contribution < 1.29 is 9.59 Å². The highest BCUT2D eigenvalue weighted by Crippen LogP contribution is 2.21. The van der Waals surface area contributed by atoms with E-state index in [0.29, 0.717) is 32.5 Å². The van der Waals surface area contributed by atoms with Gasteiger partial charge in [0.2, 0.25) is 11.8 Å². The molecule has 1 N–H and O–H groups in total. The number of hydrogen-bond donors (Lipinski definition) is 1. The average Bonchev–Trinajstić information content (AvgIpc) is 2.96. The third-order valence-electron chi connectivity index (χ3n) is 5.05. The summed E-state index contributed by atoms with van der Waals surface area (Å²) >= 11 is 0. The molecule has 1 aromatic heterocycles. The Morgan fingerprint density at radius 1 is 1.29 bits per heavy atom. The Balaban J connectivity index is 1.52. The average molecular weight is 330 g/mol. The molecule has 0 spiro atoms. The molecule has 1 atom stereocenters. The van der Waals surface area contributed by atoms with Gasteiger partial charge in [0.05, 0.1) is 5.92 Å². The second-order valence-corrected chi connectivity index (χ2v) is 6.73. The first kappa shape index (κ1) is 16.9. The SMILES string of the molecule is CCN1C[C@@H](C(=O)NCCc2nc(C)c3c(n2)CCCC3)CC1=O. The van der Waals surface area contributed by atoms with Gasteiger partial charge in [0.25, 0.3) is 0 Å². The molecule has 0 saturated carbocycles. The van der Waals surface area contributed by atoms with Gasteiger partial charge in [-0.3, -0.25) is 9.59 Å². The molecular weight excluding hydrogens is 304 g/mol. The number of hydrogen-bond acceptors (Lipinski definition) is 4. The van der Waals surface area contributed by atoms with E-state index in [1.54, 1.807) is 4.90 Å². The molecule has 6 nitrogen and oxygen atoms in total. The summed E-state index contributed by atoms with van der Waals surface area (Å²) in [5.74, 6) is 0.634. The molecule has 0 radical (unpaired) electrons. The van der Waals surface area contributed by atoms with Crippen LogP contribution in [0.1, 0.15) is 49.0 Å². The number of carbonyl (C=O) groups excluding carboxylic acids is 2. The Bertz CT molecular complexity index is 644. The van der Waals surface area contributed by atoms with Crippen molar-refractivity contribution in [1.29, 1.82) is 0 Å². The molecule has 0 aromatic carbocycles. The third kappa shape index (κ3) is 3.57. The normalized spacial score (nSPS) is 20.2. The van der Waals surface area contributed by atoms with E-state index in [0.717, 1.165) is 24.4 Å². The molecule has 1 saturated heterocycles. The van der Waals surface area contributed by atoms with Gasteiger partial charge in [0.15, 0.2) is 0 Å². The zero-order valence-corrected chi connectivity index (χ0v) is 14.6. The summed E-state index contributed by atoms with van der Waals surface area (Å²) in [4.78, 5) is 34.9. The summed E-state index contributed by atoms with van der Waals surface area (Å²) in [5.41, 5.74) is 3.59. The maximum atomic E-state index is 12.2. The maximum absolute atomic E-state index is 12.2. The maximum Gasteiger partial charge on any atom is 0.225 e. The van der Waals surface area contributed by atoms with Gasteiger partial charge in [0.1, 0.15) is 5.82 Å². The Morgan fingerprint density at radius 2 is 2.08 bits per heavy atom. The fraction of sp³-hybridized carbons (Fsp3) is 0.667. The largest absolute Gasteiger partial charge is 0.355 e. The van der Waals surface area contributed by atoms with Crippen LogP contribution >= 0.6 is 0 Å². The van der Waals surface area contributed by atoms with Crippen molar-refractivity contribution in [2.24, 2.45) is 5.92 Å². The minimum atomic E-state index is -0.219. The van der Waals surface area contributed by atoms with E-state index < -0.39 is 0 Å². The van der Waals surface area contributed by atoms with Gasteiger partial charge in [-0.25, -0.2) is 9.97 Å². The Hall–Kier alpha value is -1.98. The first-order chi connectivity index (χ1) is 11.6. The van der Waals surface area contributed by atoms with E-state index in [4.69, 9.17) is 0 Å². The number of fused-ring (bicyclic) bond motifs is 1. The van der Waals surface area contributed by atoms with Crippen molar-refractivity contribution in [2.45, 2.75) is 52.4 Å². The first-order valence-corrected chi connectivity index (χ1v) is 8.99. The number of amides is 2. The lowest BCUT2D eigenvalue weighted by molar-refractivity contribution is -0.128. The molecule has 2 heterocycles. The number of carbonyl (C=O) groups is 2. The van der Waals surface area contributed by atoms with Gasteiger partial charge in [-0.05, 0) is 45.1 Å². The highest BCUT2D eigenvalue weighted by molar-refractivity contribution is 5.89. The number of likely N-dealkylation sites (tertiary alicyclic amines) is 1. The van der Waals surface area contributed by atoms with Gasteiger partial charge in [0, 0.05) is 43.9 Å². The summed E-state index contributed by atoms with van der Waals surface area (Å²) in [6.45, 7) is 5.72. The van der Waals surface area contributed by atoms with E-state index in [1.807, 2.05) is 6.92 Å². The number of aryl methyl sites for hydroxylation is 2. The molecule has 0 unspecified atom stereocenters. The third-order valence-corrected chi connectivity index (χ3v) is 5.05. The summed E-state index contributed by atoms with van der Waals surface area (Å²) in [5, 5.41) is 2.94. The zero-order chi connectivity index (χ0) is 17.1. The van der Waals surface area contributed by atoms with Crippen LogP contribution in [0.15, 0.2) is 0 Å². The van der Waals surface area contributed by atoms with Crippen LogP contribution in [-0.2, 0) is 28.9 Å². The molecule has 1 fully saturated rings. The van der Waals surface area contributed by atoms with Crippen molar-refractivity contribution in [2.75, 3.05) is 19.6 Å². The van der Waals surface area contributed by atoms with Crippen LogP contribution in [0.3, 0.4) is 0 Å². The van der Waals surface area contributed by atoms with Gasteiger partial charge in [-0.1, -0.05) is 0 Å². The molecule has 1 aromatic rings. The molecular formula is C18H26N4O2. The fourth-order valence-corrected chi connectivity index (χ4v) is 3.65. The van der Waals surface area contributed by atoms with E-state index >= 15 is 0 Å². The van der Waals surface area contributed by atoms with Gasteiger partial charge < -0.3 is 10.2 Å². The summed E-state index contributed by atoms with van der Waals surface area (Å²) < 4.78 is 0. The molecule has 24 heavy (non-hydrogen) atoms. The van der Waals surface area contributed by atoms with E-state index in [1.165, 1.54) is 24.1 Å². The Morgan fingerprint density at radius 3 is 2.83 bits per heavy atom. The van der Waals surface area contributed by atoms with Crippen LogP contribution in [0.4, 0.5) is 0 Å². The molecule has 3 rings (SSSR count). The topological polar surface area (TPSA) is 75.2 Å². The molecule has 0 bridgehead atoms. The number of nitrogens with zero attached hydrogens (tertiary/aromatic N) is 3. The van der Waals surface area contributed by atoms with Crippen LogP contribution in [0.2, 0.25) is 0 Å². The van der Waals surface area contributed by atoms with Crippen molar-refractivity contribution in [1.82, 2.24) is 20.2 Å². The highest BCUT2D eigenvalue weighted by atomic mass is 16.2. The van der Waals surface area contributed by atoms with Gasteiger partial charge >= 0.3 is 0 Å². The standard InChI is InChI=1S/C18H26N4O2/c1-3-22-11-13(10-17(22)23)18(24)19-9-8-16-20-12(2)14-6-4-5-7-15(14)21-16/h13H,3-11H2,1-2H3,(H,19,24)/t13-/m0/s1. The van der Waals surface area contributed by atoms with Crippen LogP contribution in [0.5, 0.6) is 0 Å². The monoisotopic (exact) mass is 330 g/mol. The molecule has 1 aliphatic carbocycles. The lowest BCUT2D eigenvalue weighted by Crippen LogP contribution is -2.34. The summed E-state index contributed by atoms with van der Waals surface area (Å²) in [7, 11) is 0. The molecule has 2 amide bonds. The highest BCUT2D eigenvalue weighted by Gasteiger charge is 2.33. The van der Waals surface area contributed by atoms with E-state index in [2.05, 4.69) is 22.2 Å². The second kappa shape index (κ2) is 7.28. The minimum Gasteiger partial charge on any atom is -0.355 e. The van der Waals surface area contributed by atoms with Crippen molar-refractivity contribution in [3.8, 4) is 0 Å². The number of nitrogens with one attached hydrogen (secondary N) is 1. The predicted molar refractivity (Wildman–Crippen MR) is 90.5 cm³/mol. The van der Waals surface area contributed by atoms with Crippen LogP contribution in [0.25, 0.3) is 0 Å². The first-order valence-electron chi connectivity index (χ1n) is 8.99. The minimum absolute atomic E-state index is 0.0334. The lowest BCUT2D eigenvalue weighted by Gasteiger charge is -2.17. The molecule has 1 aliphatic heterocycles. The van der Waals surface area contributed by atoms with Gasteiger partial charge in [-0.2, -0.15) is 0 Å². The van der Waals surface area contributed by atoms with E-state index in [-0.39, 0.29) is 17.7 Å². The Labute approximate surface area is 143 Å². The zero-order valence-electron chi connectivity index (χ0n) is 14.6. The quantitative estimate of drug-likeness (QED) is 0.880. The van der Waals surface area contributed by atoms with Crippen molar-refractivity contribution in [3.63, 3.8) is 0 Å². The predicted octanol–water partition coefficient (Wildman–Crippen LogP) is 1.19. The Kier molecular flexibility index (Phi) is 5.11. The molecule has 2 aliphatic rings. The molecule has 130 valence electrons. The van der Waals surface area contributed by atoms with Gasteiger partial charge in [-0.15, -0.1) is 0 Å².